The molecule has 0 saturated carbocycles. The van der Waals surface area contributed by atoms with E-state index in [9.17, 15) is 34.2 Å². The molecule has 0 fully saturated rings. The number of hydrogen-bond acceptors (Lipinski definition) is 9. The first kappa shape index (κ1) is 29.8. The van der Waals surface area contributed by atoms with E-state index < -0.39 is 66.9 Å². The lowest BCUT2D eigenvalue weighted by atomic mass is 10.1. The number of aromatic amines is 1. The van der Waals surface area contributed by atoms with Gasteiger partial charge in [0.2, 0.25) is 17.7 Å². The maximum atomic E-state index is 12.8. The van der Waals surface area contributed by atoms with E-state index in [1.54, 1.807) is 0 Å². The summed E-state index contributed by atoms with van der Waals surface area (Å²) in [6.45, 7) is -0.790. The molecular formula is C19H31N9O8. The second-order valence-electron chi connectivity index (χ2n) is 7.64. The van der Waals surface area contributed by atoms with Crippen molar-refractivity contribution in [2.24, 2.45) is 22.2 Å². The molecule has 0 aromatic carbocycles. The number of aromatic nitrogens is 2. The van der Waals surface area contributed by atoms with Gasteiger partial charge in [-0.25, -0.2) is 9.78 Å². The van der Waals surface area contributed by atoms with Gasteiger partial charge in [-0.05, 0) is 12.8 Å². The number of carbonyl (C=O) groups is 5. The zero-order chi connectivity index (χ0) is 27.3. The maximum absolute atomic E-state index is 12.8. The molecule has 0 radical (unpaired) electrons. The number of aliphatic hydroxyl groups excluding tert-OH is 1. The average Bonchev–Trinajstić information content (AvgIpc) is 3.31. The van der Waals surface area contributed by atoms with Crippen LogP contribution in [-0.4, -0.2) is 98.2 Å². The van der Waals surface area contributed by atoms with Crippen molar-refractivity contribution in [3.05, 3.63) is 18.2 Å². The molecule has 1 rings (SSSR count). The Morgan fingerprint density at radius 2 is 1.61 bits per heavy atom. The molecule has 1 aromatic heterocycles. The summed E-state index contributed by atoms with van der Waals surface area (Å²) >= 11 is 0. The standard InChI is InChI=1S/C19H31N9O8/c20-10(5-14(30)31)15(32)26-11(2-1-3-24-19(21)22)16(33)28-13(7-29)17(34)27-12(18(35)36)4-9-6-23-8-25-9/h6,8,10-13,29H,1-5,7,20H2,(H,23,25)(H,26,32)(H,27,34)(H,28,33)(H,30,31)(H,35,36)(H4,21,22,24). The molecule has 4 unspecified atom stereocenters. The highest BCUT2D eigenvalue weighted by Gasteiger charge is 2.30. The summed E-state index contributed by atoms with van der Waals surface area (Å²) in [5.41, 5.74) is 16.4. The highest BCUT2D eigenvalue weighted by atomic mass is 16.4. The molecule has 0 aliphatic carbocycles. The molecule has 17 nitrogen and oxygen atoms in total. The number of amides is 3. The third kappa shape index (κ3) is 10.8. The summed E-state index contributed by atoms with van der Waals surface area (Å²) in [6, 6.07) is -5.71. The fraction of sp³-hybridized carbons (Fsp3) is 0.526. The van der Waals surface area contributed by atoms with E-state index in [2.05, 4.69) is 30.9 Å². The van der Waals surface area contributed by atoms with E-state index in [4.69, 9.17) is 22.3 Å². The first-order chi connectivity index (χ1) is 16.9. The van der Waals surface area contributed by atoms with Crippen LogP contribution >= 0.6 is 0 Å². The van der Waals surface area contributed by atoms with E-state index in [0.717, 1.165) is 0 Å². The van der Waals surface area contributed by atoms with Crippen LogP contribution in [0.25, 0.3) is 0 Å². The lowest BCUT2D eigenvalue weighted by molar-refractivity contribution is -0.142. The van der Waals surface area contributed by atoms with Gasteiger partial charge in [-0.1, -0.05) is 0 Å². The van der Waals surface area contributed by atoms with Crippen LogP contribution in [0, 0.1) is 0 Å². The fourth-order valence-electron chi connectivity index (χ4n) is 2.89. The van der Waals surface area contributed by atoms with E-state index in [1.807, 2.05) is 0 Å². The molecule has 200 valence electrons. The third-order valence-electron chi connectivity index (χ3n) is 4.72. The molecule has 36 heavy (non-hydrogen) atoms. The number of carboxylic acids is 2. The van der Waals surface area contributed by atoms with Crippen molar-refractivity contribution in [2.75, 3.05) is 13.2 Å². The lowest BCUT2D eigenvalue weighted by Crippen LogP contribution is -2.58. The normalized spacial score (nSPS) is 13.9. The molecule has 4 atom stereocenters. The number of nitrogens with one attached hydrogen (secondary N) is 4. The van der Waals surface area contributed by atoms with Crippen molar-refractivity contribution in [2.45, 2.75) is 49.9 Å². The van der Waals surface area contributed by atoms with Gasteiger partial charge in [-0.15, -0.1) is 0 Å². The monoisotopic (exact) mass is 513 g/mol. The van der Waals surface area contributed by atoms with Gasteiger partial charge in [0.05, 0.1) is 25.4 Å². The summed E-state index contributed by atoms with van der Waals surface area (Å²) in [5.74, 6) is -5.72. The van der Waals surface area contributed by atoms with Crippen LogP contribution in [-0.2, 0) is 30.4 Å². The Labute approximate surface area is 204 Å². The summed E-state index contributed by atoms with van der Waals surface area (Å²) in [7, 11) is 0. The van der Waals surface area contributed by atoms with Crippen LogP contribution in [0.4, 0.5) is 0 Å². The number of aliphatic carboxylic acids is 2. The van der Waals surface area contributed by atoms with Crippen LogP contribution in [0.3, 0.4) is 0 Å². The molecule has 1 aromatic rings. The second-order valence-corrected chi connectivity index (χ2v) is 7.64. The predicted octanol–water partition coefficient (Wildman–Crippen LogP) is -4.66. The minimum atomic E-state index is -1.56. The van der Waals surface area contributed by atoms with Crippen molar-refractivity contribution >= 4 is 35.6 Å². The fourth-order valence-corrected chi connectivity index (χ4v) is 2.89. The first-order valence-corrected chi connectivity index (χ1v) is 10.7. The number of nitrogens with zero attached hydrogens (tertiary/aromatic N) is 2. The number of aliphatic hydroxyl groups is 1. The summed E-state index contributed by atoms with van der Waals surface area (Å²) in [4.78, 5) is 70.2. The van der Waals surface area contributed by atoms with Crippen molar-refractivity contribution in [1.29, 1.82) is 0 Å². The Kier molecular flexibility index (Phi) is 12.3. The Bertz CT molecular complexity index is 933. The zero-order valence-electron chi connectivity index (χ0n) is 19.2. The van der Waals surface area contributed by atoms with Gasteiger partial charge in [-0.2, -0.15) is 0 Å². The average molecular weight is 514 g/mol. The summed E-state index contributed by atoms with van der Waals surface area (Å²) in [5, 5.41) is 34.6. The Morgan fingerprint density at radius 3 is 2.14 bits per heavy atom. The summed E-state index contributed by atoms with van der Waals surface area (Å²) in [6.07, 6.45) is 2.03. The summed E-state index contributed by atoms with van der Waals surface area (Å²) < 4.78 is 0. The third-order valence-corrected chi connectivity index (χ3v) is 4.72. The number of aliphatic imine (C=N–C) groups is 1. The van der Waals surface area contributed by atoms with Gasteiger partial charge in [0.15, 0.2) is 5.96 Å². The maximum Gasteiger partial charge on any atom is 0.326 e. The number of guanidine groups is 1. The highest BCUT2D eigenvalue weighted by Crippen LogP contribution is 2.03. The van der Waals surface area contributed by atoms with E-state index >= 15 is 0 Å². The smallest absolute Gasteiger partial charge is 0.326 e. The Hall–Kier alpha value is -4.25. The molecule has 0 aliphatic heterocycles. The molecule has 0 saturated heterocycles. The molecule has 0 aliphatic rings. The van der Waals surface area contributed by atoms with Gasteiger partial charge < -0.3 is 53.5 Å². The van der Waals surface area contributed by atoms with Crippen molar-refractivity contribution in [1.82, 2.24) is 25.9 Å². The van der Waals surface area contributed by atoms with Crippen molar-refractivity contribution in [3.8, 4) is 0 Å². The van der Waals surface area contributed by atoms with Gasteiger partial charge >= 0.3 is 11.9 Å². The molecule has 0 spiro atoms. The quantitative estimate of drug-likeness (QED) is 0.0566. The predicted molar refractivity (Wildman–Crippen MR) is 123 cm³/mol. The number of carbonyl (C=O) groups excluding carboxylic acids is 3. The number of rotatable bonds is 16. The highest BCUT2D eigenvalue weighted by molar-refractivity contribution is 5.94. The van der Waals surface area contributed by atoms with Crippen LogP contribution in [0.5, 0.6) is 0 Å². The minimum absolute atomic E-state index is 0.0362. The number of H-pyrrole nitrogens is 1. The Balaban J connectivity index is 2.89. The SMILES string of the molecule is NC(N)=NCCCC(NC(=O)C(N)CC(=O)O)C(=O)NC(CO)C(=O)NC(Cc1cnc[nH]1)C(=O)O. The number of imidazole rings is 1. The van der Waals surface area contributed by atoms with Crippen LogP contribution in [0.1, 0.15) is 25.0 Å². The van der Waals surface area contributed by atoms with Gasteiger partial charge in [0.25, 0.3) is 0 Å². The van der Waals surface area contributed by atoms with Gasteiger partial charge in [0, 0.05) is 24.9 Å². The van der Waals surface area contributed by atoms with Crippen LogP contribution < -0.4 is 33.2 Å². The number of nitrogens with two attached hydrogens (primary N) is 3. The largest absolute Gasteiger partial charge is 0.481 e. The van der Waals surface area contributed by atoms with Crippen LogP contribution in [0.15, 0.2) is 17.5 Å². The van der Waals surface area contributed by atoms with Crippen LogP contribution in [0.2, 0.25) is 0 Å². The molecule has 17 heteroatoms. The van der Waals surface area contributed by atoms with E-state index in [1.165, 1.54) is 12.5 Å². The Morgan fingerprint density at radius 1 is 1.00 bits per heavy atom. The zero-order valence-corrected chi connectivity index (χ0v) is 19.2. The van der Waals surface area contributed by atoms with E-state index in [0.29, 0.717) is 5.69 Å². The van der Waals surface area contributed by atoms with Crippen molar-refractivity contribution < 1.29 is 39.3 Å². The second kappa shape index (κ2) is 14.9. The first-order valence-electron chi connectivity index (χ1n) is 10.7. The molecular weight excluding hydrogens is 482 g/mol. The molecule has 0 bridgehead atoms. The molecule has 13 N–H and O–H groups in total. The molecule has 3 amide bonds. The molecule has 1 heterocycles. The lowest BCUT2D eigenvalue weighted by Gasteiger charge is -2.24. The topological polar surface area (TPSA) is 301 Å². The van der Waals surface area contributed by atoms with E-state index in [-0.39, 0.29) is 31.8 Å². The van der Waals surface area contributed by atoms with Crippen molar-refractivity contribution in [3.63, 3.8) is 0 Å². The number of hydrogen-bond donors (Lipinski definition) is 10. The number of carboxylic acid groups (broad SMARTS) is 2. The van der Waals surface area contributed by atoms with Gasteiger partial charge in [-0.3, -0.25) is 24.2 Å². The minimum Gasteiger partial charge on any atom is -0.481 e. The van der Waals surface area contributed by atoms with Gasteiger partial charge in [0.1, 0.15) is 18.1 Å².